The maximum atomic E-state index is 10.2. The van der Waals surface area contributed by atoms with Crippen LogP contribution in [-0.4, -0.2) is 45.7 Å². The van der Waals surface area contributed by atoms with Gasteiger partial charge < -0.3 is 31.5 Å². The average molecular weight is 407 g/mol. The molecule has 12 heteroatoms. The fourth-order valence-electron chi connectivity index (χ4n) is 2.25. The number of nitrogens with zero attached hydrogens (tertiary/aromatic N) is 2. The Labute approximate surface area is 161 Å². The molecule has 0 radical (unpaired) electrons. The normalized spacial score (nSPS) is 22.0. The molecule has 1 aromatic rings. The van der Waals surface area contributed by atoms with E-state index in [9.17, 15) is 4.79 Å². The summed E-state index contributed by atoms with van der Waals surface area (Å²) >= 11 is 5.66. The lowest BCUT2D eigenvalue weighted by Crippen LogP contribution is -2.34. The molecular weight excluding hydrogens is 380 g/mol. The van der Waals surface area contributed by atoms with E-state index in [1.165, 1.54) is 17.8 Å². The van der Waals surface area contributed by atoms with Crippen LogP contribution < -0.4 is 22.7 Å². The zero-order valence-corrected chi connectivity index (χ0v) is 16.1. The molecule has 3 rings (SSSR count). The Balaban J connectivity index is 0.000000214. The highest BCUT2D eigenvalue weighted by molar-refractivity contribution is 7.80. The number of aromatic nitrogens is 2. The topological polar surface area (TPSA) is 172 Å². The molecular formula is C14H26N6O4S2. The number of ether oxygens (including phenoxy) is 2. The van der Waals surface area contributed by atoms with E-state index >= 15 is 0 Å². The second-order valence-electron chi connectivity index (χ2n) is 5.54. The van der Waals surface area contributed by atoms with Gasteiger partial charge >= 0.3 is 5.97 Å². The van der Waals surface area contributed by atoms with Crippen molar-refractivity contribution in [3.63, 3.8) is 0 Å². The molecule has 2 fully saturated rings. The number of anilines is 1. The smallest absolute Gasteiger partial charge is 0.332 e. The van der Waals surface area contributed by atoms with Crippen molar-refractivity contribution in [3.8, 4) is 0 Å². The van der Waals surface area contributed by atoms with Gasteiger partial charge in [0.1, 0.15) is 11.1 Å². The maximum absolute atomic E-state index is 10.2. The van der Waals surface area contributed by atoms with Crippen molar-refractivity contribution in [1.82, 2.24) is 15.6 Å². The van der Waals surface area contributed by atoms with Crippen LogP contribution >= 0.6 is 23.6 Å². The van der Waals surface area contributed by atoms with Gasteiger partial charge in [-0.2, -0.15) is 0 Å². The summed E-state index contributed by atoms with van der Waals surface area (Å²) in [5.41, 5.74) is 12.3. The van der Waals surface area contributed by atoms with E-state index in [0.717, 1.165) is 37.3 Å². The fourth-order valence-corrected chi connectivity index (χ4v) is 2.94. The number of nitrogen functional groups attached to an aromatic ring is 1. The summed E-state index contributed by atoms with van der Waals surface area (Å²) < 4.78 is 10.5. The van der Waals surface area contributed by atoms with Crippen molar-refractivity contribution in [2.45, 2.75) is 50.7 Å². The van der Waals surface area contributed by atoms with E-state index in [1.54, 1.807) is 0 Å². The Bertz CT molecular complexity index is 547. The van der Waals surface area contributed by atoms with Crippen LogP contribution in [0.5, 0.6) is 0 Å². The lowest BCUT2D eigenvalue weighted by molar-refractivity contribution is -0.153. The van der Waals surface area contributed by atoms with E-state index in [1.807, 2.05) is 5.43 Å². The third-order valence-corrected chi connectivity index (χ3v) is 4.47. The number of carbonyl (C=O) groups is 1. The first-order chi connectivity index (χ1) is 12.4. The number of nitrogens with two attached hydrogens (primary N) is 3. The number of aliphatic carboxylic acids is 1. The summed E-state index contributed by atoms with van der Waals surface area (Å²) in [4.78, 5) is 10.2. The first-order valence-electron chi connectivity index (χ1n) is 8.25. The van der Waals surface area contributed by atoms with Gasteiger partial charge in [0, 0.05) is 13.2 Å². The molecule has 2 unspecified atom stereocenters. The molecule has 0 aliphatic carbocycles. The van der Waals surface area contributed by atoms with Crippen molar-refractivity contribution >= 4 is 39.8 Å². The third-order valence-electron chi connectivity index (χ3n) is 3.51. The van der Waals surface area contributed by atoms with Crippen LogP contribution in [0.2, 0.25) is 0 Å². The molecule has 0 spiro atoms. The summed E-state index contributed by atoms with van der Waals surface area (Å²) in [5, 5.41) is 17.7. The van der Waals surface area contributed by atoms with Crippen molar-refractivity contribution in [2.24, 2.45) is 11.6 Å². The van der Waals surface area contributed by atoms with Gasteiger partial charge in [-0.1, -0.05) is 11.3 Å². The lowest BCUT2D eigenvalue weighted by atomic mass is 10.1. The minimum absolute atomic E-state index is 0.116. The zero-order valence-electron chi connectivity index (χ0n) is 14.4. The van der Waals surface area contributed by atoms with Gasteiger partial charge in [-0.3, -0.25) is 0 Å². The Morgan fingerprint density at radius 1 is 1.19 bits per heavy atom. The van der Waals surface area contributed by atoms with Gasteiger partial charge in [-0.25, -0.2) is 10.6 Å². The van der Waals surface area contributed by atoms with Crippen molar-refractivity contribution in [2.75, 3.05) is 18.9 Å². The van der Waals surface area contributed by atoms with Crippen LogP contribution in [0, 0.1) is 0 Å². The molecule has 2 saturated heterocycles. The third kappa shape index (κ3) is 9.20. The predicted molar refractivity (Wildman–Crippen MR) is 102 cm³/mol. The van der Waals surface area contributed by atoms with Crippen LogP contribution in [0.25, 0.3) is 0 Å². The SMILES string of the molecule is NNC(N)=S.Nc1nnc(C2CCCCO2)s1.O=C(O)C1CCCCO1. The molecule has 26 heavy (non-hydrogen) atoms. The number of hydrogen-bond donors (Lipinski definition) is 5. The minimum atomic E-state index is -0.824. The molecule has 2 atom stereocenters. The Hall–Kier alpha value is -1.60. The van der Waals surface area contributed by atoms with Crippen molar-refractivity contribution < 1.29 is 19.4 Å². The molecule has 10 nitrogen and oxygen atoms in total. The van der Waals surface area contributed by atoms with E-state index in [2.05, 4.69) is 28.3 Å². The second-order valence-corrected chi connectivity index (χ2v) is 7.02. The number of carboxylic acid groups (broad SMARTS) is 1. The van der Waals surface area contributed by atoms with Gasteiger partial charge in [0.2, 0.25) is 5.13 Å². The highest BCUT2D eigenvalue weighted by atomic mass is 32.1. The molecule has 2 aliphatic rings. The van der Waals surface area contributed by atoms with Gasteiger partial charge in [0.05, 0.1) is 0 Å². The van der Waals surface area contributed by atoms with E-state index in [-0.39, 0.29) is 11.2 Å². The zero-order chi connectivity index (χ0) is 19.4. The fraction of sp³-hybridized carbons (Fsp3) is 0.714. The van der Waals surface area contributed by atoms with Crippen LogP contribution in [0.3, 0.4) is 0 Å². The lowest BCUT2D eigenvalue weighted by Gasteiger charge is -2.19. The van der Waals surface area contributed by atoms with E-state index in [4.69, 9.17) is 26.0 Å². The summed E-state index contributed by atoms with van der Waals surface area (Å²) in [6.45, 7) is 1.45. The minimum Gasteiger partial charge on any atom is -0.479 e. The molecule has 148 valence electrons. The first kappa shape index (κ1) is 22.4. The molecule has 0 amide bonds. The number of hydrogen-bond acceptors (Lipinski definition) is 9. The maximum Gasteiger partial charge on any atom is 0.332 e. The molecule has 0 saturated carbocycles. The number of carboxylic acids is 1. The molecule has 8 N–H and O–H groups in total. The van der Waals surface area contributed by atoms with E-state index in [0.29, 0.717) is 18.2 Å². The summed E-state index contributed by atoms with van der Waals surface area (Å²) in [7, 11) is 0. The van der Waals surface area contributed by atoms with Crippen molar-refractivity contribution in [1.29, 1.82) is 0 Å². The van der Waals surface area contributed by atoms with Crippen molar-refractivity contribution in [3.05, 3.63) is 5.01 Å². The highest BCUT2D eigenvalue weighted by Gasteiger charge is 2.20. The predicted octanol–water partition coefficient (Wildman–Crippen LogP) is 0.695. The van der Waals surface area contributed by atoms with Crippen LogP contribution in [0.15, 0.2) is 0 Å². The Morgan fingerprint density at radius 3 is 2.15 bits per heavy atom. The second kappa shape index (κ2) is 12.7. The molecule has 0 aromatic carbocycles. The molecule has 1 aromatic heterocycles. The average Bonchev–Trinajstić information content (AvgIpc) is 3.10. The van der Waals surface area contributed by atoms with Gasteiger partial charge in [-0.05, 0) is 50.7 Å². The number of rotatable bonds is 2. The Morgan fingerprint density at radius 2 is 1.81 bits per heavy atom. The summed E-state index contributed by atoms with van der Waals surface area (Å²) in [6.07, 6.45) is 5.70. The van der Waals surface area contributed by atoms with Crippen LogP contribution in [0.1, 0.15) is 49.6 Å². The quantitative estimate of drug-likeness (QED) is 0.266. The standard InChI is InChI=1S/C7H11N3OS.C6H10O3.CH5N3S/c8-7-10-9-6(12-7)5-3-1-2-4-11-5;7-6(8)5-3-1-2-4-9-5;2-1(5)4-3/h5H,1-4H2,(H2,8,10);5H,1-4H2,(H,7,8);3H2,(H3,2,4,5). The summed E-state index contributed by atoms with van der Waals surface area (Å²) in [6, 6.07) is 0. The number of nitrogens with one attached hydrogen (secondary N) is 1. The molecule has 3 heterocycles. The van der Waals surface area contributed by atoms with E-state index < -0.39 is 12.1 Å². The number of hydrazine groups is 1. The molecule has 2 aliphatic heterocycles. The van der Waals surface area contributed by atoms with Gasteiger partial charge in [0.15, 0.2) is 11.2 Å². The van der Waals surface area contributed by atoms with Gasteiger partial charge in [-0.15, -0.1) is 10.2 Å². The van der Waals surface area contributed by atoms with Gasteiger partial charge in [0.25, 0.3) is 0 Å². The van der Waals surface area contributed by atoms with Crippen LogP contribution in [-0.2, 0) is 14.3 Å². The number of thiocarbonyl (C=S) groups is 1. The van der Waals surface area contributed by atoms with Crippen LogP contribution in [0.4, 0.5) is 5.13 Å². The Kier molecular flexibility index (Phi) is 11.0. The monoisotopic (exact) mass is 406 g/mol. The largest absolute Gasteiger partial charge is 0.479 e. The first-order valence-corrected chi connectivity index (χ1v) is 9.47. The molecule has 0 bridgehead atoms. The summed E-state index contributed by atoms with van der Waals surface area (Å²) in [5.74, 6) is 3.83. The highest BCUT2D eigenvalue weighted by Crippen LogP contribution is 2.30.